The number of ether oxygens (including phenoxy) is 1. The van der Waals surface area contributed by atoms with E-state index in [9.17, 15) is 9.59 Å². The first-order valence-corrected chi connectivity index (χ1v) is 11.5. The number of thioether (sulfide) groups is 1. The molecule has 0 atom stereocenters. The van der Waals surface area contributed by atoms with Crippen LogP contribution in [-0.4, -0.2) is 44.8 Å². The number of hydrogen-bond acceptors (Lipinski definition) is 8. The van der Waals surface area contributed by atoms with Crippen LogP contribution in [-0.2, 0) is 4.74 Å². The zero-order valence-corrected chi connectivity index (χ0v) is 18.4. The van der Waals surface area contributed by atoms with E-state index in [0.29, 0.717) is 11.3 Å². The topological polar surface area (TPSA) is 100 Å². The average molecular weight is 449 g/mol. The van der Waals surface area contributed by atoms with E-state index in [-0.39, 0.29) is 29.6 Å². The summed E-state index contributed by atoms with van der Waals surface area (Å²) in [4.78, 5) is 26.8. The highest BCUT2D eigenvalue weighted by atomic mass is 32.2. The Morgan fingerprint density at radius 3 is 2.78 bits per heavy atom. The molecule has 8 nitrogen and oxygen atoms in total. The Labute approximate surface area is 187 Å². The van der Waals surface area contributed by atoms with Crippen molar-refractivity contribution in [3.63, 3.8) is 0 Å². The summed E-state index contributed by atoms with van der Waals surface area (Å²) in [5.41, 5.74) is 3.07. The van der Waals surface area contributed by atoms with Gasteiger partial charge in [-0.3, -0.25) is 4.79 Å². The summed E-state index contributed by atoms with van der Waals surface area (Å²) in [5.74, 6) is -0.363. The van der Waals surface area contributed by atoms with E-state index in [1.165, 1.54) is 11.8 Å². The van der Waals surface area contributed by atoms with Gasteiger partial charge in [-0.1, -0.05) is 22.5 Å². The van der Waals surface area contributed by atoms with Gasteiger partial charge in [0, 0.05) is 16.4 Å². The van der Waals surface area contributed by atoms with Gasteiger partial charge in [0.25, 0.3) is 0 Å². The molecule has 2 heterocycles. The monoisotopic (exact) mass is 448 g/mol. The van der Waals surface area contributed by atoms with Gasteiger partial charge in [0.1, 0.15) is 11.1 Å². The average Bonchev–Trinajstić information content (AvgIpc) is 3.41. The van der Waals surface area contributed by atoms with E-state index in [1.807, 2.05) is 42.7 Å². The zero-order chi connectivity index (χ0) is 22.2. The highest BCUT2D eigenvalue weighted by Gasteiger charge is 2.38. The highest BCUT2D eigenvalue weighted by molar-refractivity contribution is 7.98. The van der Waals surface area contributed by atoms with Gasteiger partial charge in [0.2, 0.25) is 5.69 Å². The minimum absolute atomic E-state index is 0.0582. The summed E-state index contributed by atoms with van der Waals surface area (Å²) in [6.45, 7) is 1.90. The summed E-state index contributed by atoms with van der Waals surface area (Å²) >= 11 is 1.44. The van der Waals surface area contributed by atoms with Crippen LogP contribution >= 0.6 is 11.8 Å². The Bertz CT molecular complexity index is 1340. The third-order valence-corrected chi connectivity index (χ3v) is 6.17. The summed E-state index contributed by atoms with van der Waals surface area (Å²) in [5, 5.41) is 12.3. The number of para-hydroxylation sites is 1. The van der Waals surface area contributed by atoms with E-state index in [0.717, 1.165) is 34.5 Å². The van der Waals surface area contributed by atoms with Gasteiger partial charge in [0.15, 0.2) is 11.5 Å². The van der Waals surface area contributed by atoms with Crippen molar-refractivity contribution >= 4 is 34.5 Å². The van der Waals surface area contributed by atoms with Crippen LogP contribution in [0.3, 0.4) is 0 Å². The molecule has 0 spiro atoms. The summed E-state index contributed by atoms with van der Waals surface area (Å²) in [6, 6.07) is 13.1. The van der Waals surface area contributed by atoms with Gasteiger partial charge in [0.05, 0.1) is 17.8 Å². The van der Waals surface area contributed by atoms with Crippen molar-refractivity contribution < 1.29 is 18.8 Å². The van der Waals surface area contributed by atoms with Gasteiger partial charge in [-0.15, -0.1) is 16.9 Å². The number of ketones is 1. The Hall–Kier alpha value is -3.46. The van der Waals surface area contributed by atoms with Crippen LogP contribution in [0.5, 0.6) is 0 Å². The molecule has 0 amide bonds. The maximum absolute atomic E-state index is 13.6. The van der Waals surface area contributed by atoms with Crippen molar-refractivity contribution in [1.82, 2.24) is 20.2 Å². The molecular weight excluding hydrogens is 428 g/mol. The fourth-order valence-electron chi connectivity index (χ4n) is 3.68. The predicted octanol–water partition coefficient (Wildman–Crippen LogP) is 4.42. The Morgan fingerprint density at radius 1 is 1.22 bits per heavy atom. The second-order valence-electron chi connectivity index (χ2n) is 7.47. The van der Waals surface area contributed by atoms with E-state index in [1.54, 1.807) is 17.7 Å². The second kappa shape index (κ2) is 8.23. The van der Waals surface area contributed by atoms with Crippen molar-refractivity contribution in [2.75, 3.05) is 12.9 Å². The second-order valence-corrected chi connectivity index (χ2v) is 8.32. The lowest BCUT2D eigenvalue weighted by molar-refractivity contribution is 0.0512. The van der Waals surface area contributed by atoms with Crippen molar-refractivity contribution in [2.24, 2.45) is 0 Å². The van der Waals surface area contributed by atoms with Crippen molar-refractivity contribution in [3.8, 4) is 5.69 Å². The molecule has 0 aliphatic heterocycles. The van der Waals surface area contributed by atoms with Gasteiger partial charge in [-0.2, -0.15) is 0 Å². The van der Waals surface area contributed by atoms with Crippen LogP contribution in [0.2, 0.25) is 0 Å². The van der Waals surface area contributed by atoms with Crippen LogP contribution < -0.4 is 0 Å². The van der Waals surface area contributed by atoms with E-state index in [4.69, 9.17) is 9.26 Å². The van der Waals surface area contributed by atoms with Crippen molar-refractivity contribution in [2.45, 2.75) is 30.6 Å². The molecule has 0 radical (unpaired) electrons. The third kappa shape index (κ3) is 3.48. The molecule has 1 saturated carbocycles. The smallest absolute Gasteiger partial charge is 0.361 e. The van der Waals surface area contributed by atoms with Gasteiger partial charge < -0.3 is 9.26 Å². The molecule has 0 N–H and O–H groups in total. The first-order valence-electron chi connectivity index (χ1n) is 10.3. The quantitative estimate of drug-likeness (QED) is 0.233. The number of carbonyl (C=O) groups excluding carboxylic acids is 2. The normalized spacial score (nSPS) is 13.4. The van der Waals surface area contributed by atoms with Crippen molar-refractivity contribution in [3.05, 3.63) is 65.0 Å². The third-order valence-electron chi connectivity index (χ3n) is 5.39. The molecule has 4 aromatic rings. The lowest BCUT2D eigenvalue weighted by Crippen LogP contribution is -2.14. The maximum Gasteiger partial charge on any atom is 0.361 e. The first-order chi connectivity index (χ1) is 15.6. The molecule has 5 rings (SSSR count). The van der Waals surface area contributed by atoms with Crippen LogP contribution in [0, 0.1) is 0 Å². The molecule has 1 aliphatic carbocycles. The van der Waals surface area contributed by atoms with E-state index in [2.05, 4.69) is 15.5 Å². The number of esters is 1. The summed E-state index contributed by atoms with van der Waals surface area (Å²) in [6.07, 6.45) is 3.72. The maximum atomic E-state index is 13.6. The molecule has 2 aromatic carbocycles. The van der Waals surface area contributed by atoms with Crippen LogP contribution in [0.1, 0.15) is 57.9 Å². The Kier molecular flexibility index (Phi) is 5.26. The number of fused-ring (bicyclic) bond motifs is 1. The SMILES string of the molecule is CCOC(=O)c1noc(C2CC2)c1C(=O)c1ccc(-n2nnc3ccccc32)cc1SC. The lowest BCUT2D eigenvalue weighted by atomic mass is 9.99. The molecule has 1 aliphatic rings. The number of carbonyl (C=O) groups is 2. The number of rotatable bonds is 7. The van der Waals surface area contributed by atoms with Crippen molar-refractivity contribution in [1.29, 1.82) is 0 Å². The standard InChI is InChI=1S/C23H20N4O4S/c1-3-30-23(29)20-19(22(31-25-20)13-8-9-13)21(28)15-11-10-14(12-18(15)32-2)27-17-7-5-4-6-16(17)24-26-27/h4-7,10-13H,3,8-9H2,1-2H3. The first kappa shape index (κ1) is 20.4. The number of nitrogens with zero attached hydrogens (tertiary/aromatic N) is 4. The lowest BCUT2D eigenvalue weighted by Gasteiger charge is -2.10. The fourth-order valence-corrected chi connectivity index (χ4v) is 4.30. The zero-order valence-electron chi connectivity index (χ0n) is 17.6. The van der Waals surface area contributed by atoms with Gasteiger partial charge >= 0.3 is 5.97 Å². The van der Waals surface area contributed by atoms with E-state index < -0.39 is 5.97 Å². The molecule has 9 heteroatoms. The molecule has 0 unspecified atom stereocenters. The largest absolute Gasteiger partial charge is 0.461 e. The molecular formula is C23H20N4O4S. The number of hydrogen-bond donors (Lipinski definition) is 0. The van der Waals surface area contributed by atoms with E-state index >= 15 is 0 Å². The highest BCUT2D eigenvalue weighted by Crippen LogP contribution is 2.43. The number of benzene rings is 2. The van der Waals surface area contributed by atoms with Crippen LogP contribution in [0.4, 0.5) is 0 Å². The molecule has 32 heavy (non-hydrogen) atoms. The molecule has 0 bridgehead atoms. The van der Waals surface area contributed by atoms with Crippen LogP contribution in [0.25, 0.3) is 16.7 Å². The molecule has 0 saturated heterocycles. The molecule has 162 valence electrons. The Balaban J connectivity index is 1.58. The summed E-state index contributed by atoms with van der Waals surface area (Å²) in [7, 11) is 0. The molecule has 2 aromatic heterocycles. The minimum Gasteiger partial charge on any atom is -0.461 e. The molecule has 1 fully saturated rings. The van der Waals surface area contributed by atoms with Crippen LogP contribution in [0.15, 0.2) is 51.9 Å². The summed E-state index contributed by atoms with van der Waals surface area (Å²) < 4.78 is 12.3. The fraction of sp³-hybridized carbons (Fsp3) is 0.261. The van der Waals surface area contributed by atoms with Gasteiger partial charge in [-0.05, 0) is 56.4 Å². The van der Waals surface area contributed by atoms with Gasteiger partial charge in [-0.25, -0.2) is 9.48 Å². The number of aromatic nitrogens is 4. The predicted molar refractivity (Wildman–Crippen MR) is 119 cm³/mol. The Morgan fingerprint density at radius 2 is 2.03 bits per heavy atom. The minimum atomic E-state index is -0.650.